The van der Waals surface area contributed by atoms with E-state index in [1.807, 2.05) is 36.4 Å². The van der Waals surface area contributed by atoms with E-state index in [0.29, 0.717) is 32.1 Å². The second-order valence-corrected chi connectivity index (χ2v) is 12.6. The molecule has 40 heavy (non-hydrogen) atoms. The number of nitrogens with zero attached hydrogens (tertiary/aromatic N) is 5. The Morgan fingerprint density at radius 3 is 2.75 bits per heavy atom. The number of carbonyl (C=O) groups excluding carboxylic acids is 1. The van der Waals surface area contributed by atoms with Gasteiger partial charge in [-0.3, -0.25) is 9.69 Å². The van der Waals surface area contributed by atoms with Crippen LogP contribution in [0.1, 0.15) is 39.8 Å². The highest BCUT2D eigenvalue weighted by molar-refractivity contribution is 7.16. The maximum absolute atomic E-state index is 13.6. The summed E-state index contributed by atoms with van der Waals surface area (Å²) in [6.07, 6.45) is 4.04. The minimum absolute atomic E-state index is 0.147. The molecular formula is C29H39N9OS. The van der Waals surface area contributed by atoms with E-state index in [0.717, 1.165) is 51.4 Å². The third-order valence-corrected chi connectivity index (χ3v) is 7.94. The van der Waals surface area contributed by atoms with Gasteiger partial charge in [-0.15, -0.1) is 11.3 Å². The lowest BCUT2D eigenvalue weighted by molar-refractivity contribution is -0.141. The Bertz CT molecular complexity index is 1510. The summed E-state index contributed by atoms with van der Waals surface area (Å²) >= 11 is 1.61. The van der Waals surface area contributed by atoms with Crippen LogP contribution in [-0.4, -0.2) is 74.5 Å². The Labute approximate surface area is 238 Å². The zero-order valence-corrected chi connectivity index (χ0v) is 24.5. The van der Waals surface area contributed by atoms with Crippen molar-refractivity contribution in [2.75, 3.05) is 38.0 Å². The van der Waals surface area contributed by atoms with Crippen molar-refractivity contribution in [3.63, 3.8) is 0 Å². The molecule has 0 saturated heterocycles. The lowest BCUT2D eigenvalue weighted by atomic mass is 9.89. The van der Waals surface area contributed by atoms with Gasteiger partial charge in [0.25, 0.3) is 0 Å². The second kappa shape index (κ2) is 11.6. The number of aromatic nitrogens is 4. The Kier molecular flexibility index (Phi) is 8.18. The van der Waals surface area contributed by atoms with E-state index in [1.54, 1.807) is 17.7 Å². The average molecular weight is 562 g/mol. The SMILES string of the molecule is CC(C)CN(CC(N)N)CC(C)(C)C(=O)N1CC=C(c2cc3c(Nc4ccc5ncsc5c4)ncnc3[nH]2)CC1. The van der Waals surface area contributed by atoms with Crippen LogP contribution in [0.4, 0.5) is 11.5 Å². The van der Waals surface area contributed by atoms with Crippen molar-refractivity contribution in [1.82, 2.24) is 29.7 Å². The summed E-state index contributed by atoms with van der Waals surface area (Å²) < 4.78 is 1.12. The number of carbonyl (C=O) groups is 1. The molecule has 11 heteroatoms. The van der Waals surface area contributed by atoms with Crippen LogP contribution in [0.2, 0.25) is 0 Å². The summed E-state index contributed by atoms with van der Waals surface area (Å²) in [7, 11) is 0. The van der Waals surface area contributed by atoms with Crippen LogP contribution in [0, 0.1) is 11.3 Å². The molecule has 5 rings (SSSR count). The number of nitrogens with two attached hydrogens (primary N) is 2. The van der Waals surface area contributed by atoms with E-state index in [2.05, 4.69) is 62.2 Å². The maximum atomic E-state index is 13.6. The van der Waals surface area contributed by atoms with E-state index in [4.69, 9.17) is 11.5 Å². The second-order valence-electron chi connectivity index (χ2n) is 11.7. The summed E-state index contributed by atoms with van der Waals surface area (Å²) in [6.45, 7) is 11.6. The Balaban J connectivity index is 1.28. The van der Waals surface area contributed by atoms with Gasteiger partial charge in [0.2, 0.25) is 5.91 Å². The van der Waals surface area contributed by atoms with Gasteiger partial charge < -0.3 is 26.7 Å². The van der Waals surface area contributed by atoms with Crippen LogP contribution in [-0.2, 0) is 4.79 Å². The van der Waals surface area contributed by atoms with E-state index in [1.165, 1.54) is 5.57 Å². The molecule has 4 aromatic rings. The van der Waals surface area contributed by atoms with Gasteiger partial charge in [0.1, 0.15) is 17.8 Å². The number of amides is 1. The number of rotatable bonds is 10. The zero-order valence-electron chi connectivity index (χ0n) is 23.6. The van der Waals surface area contributed by atoms with Crippen molar-refractivity contribution >= 4 is 55.6 Å². The van der Waals surface area contributed by atoms with Crippen molar-refractivity contribution < 1.29 is 4.79 Å². The van der Waals surface area contributed by atoms with Gasteiger partial charge in [-0.25, -0.2) is 15.0 Å². The van der Waals surface area contributed by atoms with Gasteiger partial charge in [0.05, 0.1) is 32.7 Å². The number of hydrogen-bond donors (Lipinski definition) is 4. The highest BCUT2D eigenvalue weighted by Gasteiger charge is 2.35. The van der Waals surface area contributed by atoms with E-state index < -0.39 is 11.6 Å². The van der Waals surface area contributed by atoms with Gasteiger partial charge in [-0.05, 0) is 56.0 Å². The van der Waals surface area contributed by atoms with Crippen LogP contribution in [0.3, 0.4) is 0 Å². The van der Waals surface area contributed by atoms with Gasteiger partial charge in [0, 0.05) is 44.1 Å². The molecule has 0 spiro atoms. The number of nitrogens with one attached hydrogen (secondary N) is 2. The predicted molar refractivity (Wildman–Crippen MR) is 163 cm³/mol. The highest BCUT2D eigenvalue weighted by atomic mass is 32.1. The molecule has 1 amide bonds. The number of hydrogen-bond acceptors (Lipinski definition) is 9. The third kappa shape index (κ3) is 6.33. The molecule has 1 aromatic carbocycles. The van der Waals surface area contributed by atoms with Gasteiger partial charge in [-0.1, -0.05) is 19.9 Å². The Morgan fingerprint density at radius 2 is 2.02 bits per heavy atom. The van der Waals surface area contributed by atoms with Gasteiger partial charge in [-0.2, -0.15) is 0 Å². The molecule has 4 heterocycles. The molecular weight excluding hydrogens is 522 g/mol. The first-order valence-corrected chi connectivity index (χ1v) is 14.6. The maximum Gasteiger partial charge on any atom is 0.229 e. The van der Waals surface area contributed by atoms with Crippen LogP contribution in [0.5, 0.6) is 0 Å². The van der Waals surface area contributed by atoms with Crippen molar-refractivity contribution in [2.24, 2.45) is 22.8 Å². The van der Waals surface area contributed by atoms with Crippen LogP contribution in [0.25, 0.3) is 26.8 Å². The zero-order chi connectivity index (χ0) is 28.4. The summed E-state index contributed by atoms with van der Waals surface area (Å²) in [6, 6.07) is 8.19. The number of aromatic amines is 1. The summed E-state index contributed by atoms with van der Waals surface area (Å²) in [5, 5.41) is 4.36. The topological polar surface area (TPSA) is 142 Å². The molecule has 1 aliphatic rings. The fourth-order valence-electron chi connectivity index (χ4n) is 5.45. The first kappa shape index (κ1) is 28.2. The van der Waals surface area contributed by atoms with Crippen molar-refractivity contribution in [3.8, 4) is 0 Å². The fraction of sp³-hybridized carbons (Fsp3) is 0.448. The van der Waals surface area contributed by atoms with E-state index in [9.17, 15) is 4.79 Å². The summed E-state index contributed by atoms with van der Waals surface area (Å²) in [5.41, 5.74) is 18.0. The number of thiazole rings is 1. The number of fused-ring (bicyclic) bond motifs is 2. The van der Waals surface area contributed by atoms with Crippen molar-refractivity contribution in [3.05, 3.63) is 47.9 Å². The van der Waals surface area contributed by atoms with Crippen LogP contribution < -0.4 is 16.8 Å². The summed E-state index contributed by atoms with van der Waals surface area (Å²) in [5.74, 6) is 1.35. The molecule has 0 fully saturated rings. The minimum Gasteiger partial charge on any atom is -0.340 e. The molecule has 0 unspecified atom stereocenters. The third-order valence-electron chi connectivity index (χ3n) is 7.15. The normalized spacial score (nSPS) is 14.6. The summed E-state index contributed by atoms with van der Waals surface area (Å²) in [4.78, 5) is 34.5. The Hall–Kier alpha value is -3.38. The molecule has 0 bridgehead atoms. The van der Waals surface area contributed by atoms with Crippen LogP contribution in [0.15, 0.2) is 42.2 Å². The molecule has 0 radical (unpaired) electrons. The molecule has 6 N–H and O–H groups in total. The molecule has 3 aromatic heterocycles. The smallest absolute Gasteiger partial charge is 0.229 e. The minimum atomic E-state index is -0.547. The standard InChI is InChI=1S/C29H39N9OS/c1-18(2)13-37(14-25(30)31)15-29(3,4)28(39)38-9-7-19(8-10-38)23-12-21-26(32-16-33-27(21)36-23)35-20-5-6-22-24(11-20)40-17-34-22/h5-7,11-12,16-18,25H,8-10,13-15,30-31H2,1-4H3,(H2,32,33,35,36). The monoisotopic (exact) mass is 561 g/mol. The van der Waals surface area contributed by atoms with Crippen molar-refractivity contribution in [2.45, 2.75) is 40.3 Å². The Morgan fingerprint density at radius 1 is 1.20 bits per heavy atom. The van der Waals surface area contributed by atoms with Crippen LogP contribution >= 0.6 is 11.3 Å². The molecule has 1 aliphatic heterocycles. The molecule has 0 saturated carbocycles. The molecule has 0 atom stereocenters. The fourth-order valence-corrected chi connectivity index (χ4v) is 6.17. The van der Waals surface area contributed by atoms with E-state index in [-0.39, 0.29) is 5.91 Å². The predicted octanol–water partition coefficient (Wildman–Crippen LogP) is 4.15. The van der Waals surface area contributed by atoms with Gasteiger partial charge >= 0.3 is 0 Å². The average Bonchev–Trinajstić information content (AvgIpc) is 3.55. The lowest BCUT2D eigenvalue weighted by Gasteiger charge is -2.38. The quantitative estimate of drug-likeness (QED) is 0.212. The molecule has 0 aliphatic carbocycles. The lowest BCUT2D eigenvalue weighted by Crippen LogP contribution is -2.52. The highest BCUT2D eigenvalue weighted by Crippen LogP contribution is 2.31. The number of H-pyrrole nitrogens is 1. The molecule has 212 valence electrons. The number of benzene rings is 1. The first-order valence-electron chi connectivity index (χ1n) is 13.8. The van der Waals surface area contributed by atoms with E-state index >= 15 is 0 Å². The van der Waals surface area contributed by atoms with Gasteiger partial charge in [0.15, 0.2) is 0 Å². The van der Waals surface area contributed by atoms with Crippen molar-refractivity contribution in [1.29, 1.82) is 0 Å². The number of anilines is 2. The molecule has 10 nitrogen and oxygen atoms in total. The first-order chi connectivity index (χ1) is 19.1. The largest absolute Gasteiger partial charge is 0.340 e.